The minimum absolute atomic E-state index is 0.158. The molecule has 3 aromatic rings. The zero-order valence-electron chi connectivity index (χ0n) is 17.1. The lowest BCUT2D eigenvalue weighted by Gasteiger charge is -2.13. The number of carbonyl (C=O) groups is 1. The minimum atomic E-state index is -0.456. The van der Waals surface area contributed by atoms with Gasteiger partial charge in [-0.2, -0.15) is 0 Å². The molecule has 0 bridgehead atoms. The van der Waals surface area contributed by atoms with Crippen molar-refractivity contribution in [2.45, 2.75) is 13.3 Å². The second-order valence-electron chi connectivity index (χ2n) is 6.92. The van der Waals surface area contributed by atoms with E-state index in [0.29, 0.717) is 6.42 Å². The van der Waals surface area contributed by atoms with E-state index < -0.39 is 5.97 Å². The highest BCUT2D eigenvalue weighted by Crippen LogP contribution is 2.32. The molecule has 0 amide bonds. The maximum Gasteiger partial charge on any atom is 0.330 e. The first-order valence-corrected chi connectivity index (χ1v) is 9.94. The van der Waals surface area contributed by atoms with Crippen LogP contribution in [0.4, 0.5) is 0 Å². The molecule has 154 valence electrons. The SMILES string of the molecule is C=CC(=O)OCCOc1ccccc1-c1ccc(-c2ccc(CCO)cc2C)cc1. The molecule has 0 atom stereocenters. The lowest BCUT2D eigenvalue weighted by molar-refractivity contribution is -0.138. The maximum atomic E-state index is 11.1. The molecule has 3 rings (SSSR count). The Bertz CT molecular complexity index is 1010. The average molecular weight is 402 g/mol. The van der Waals surface area contributed by atoms with Crippen molar-refractivity contribution < 1.29 is 19.4 Å². The third-order valence-corrected chi connectivity index (χ3v) is 4.84. The number of benzene rings is 3. The van der Waals surface area contributed by atoms with Gasteiger partial charge in [0, 0.05) is 18.2 Å². The molecular weight excluding hydrogens is 376 g/mol. The highest BCUT2D eigenvalue weighted by atomic mass is 16.6. The van der Waals surface area contributed by atoms with Crippen molar-refractivity contribution in [2.75, 3.05) is 19.8 Å². The van der Waals surface area contributed by atoms with E-state index in [0.717, 1.165) is 34.1 Å². The van der Waals surface area contributed by atoms with E-state index in [-0.39, 0.29) is 19.8 Å². The van der Waals surface area contributed by atoms with Gasteiger partial charge in [-0.05, 0) is 47.2 Å². The zero-order chi connectivity index (χ0) is 21.3. The molecule has 1 N–H and O–H groups in total. The number of aliphatic hydroxyl groups excluding tert-OH is 1. The van der Waals surface area contributed by atoms with Crippen LogP contribution in [0.1, 0.15) is 11.1 Å². The van der Waals surface area contributed by atoms with Crippen molar-refractivity contribution >= 4 is 5.97 Å². The molecular formula is C26H26O4. The molecule has 0 aliphatic heterocycles. The summed E-state index contributed by atoms with van der Waals surface area (Å²) in [5.74, 6) is 0.284. The predicted octanol–water partition coefficient (Wildman–Crippen LogP) is 4.97. The first-order chi connectivity index (χ1) is 14.6. The van der Waals surface area contributed by atoms with Crippen LogP contribution in [0.15, 0.2) is 79.4 Å². The second kappa shape index (κ2) is 10.4. The predicted molar refractivity (Wildman–Crippen MR) is 119 cm³/mol. The summed E-state index contributed by atoms with van der Waals surface area (Å²) in [7, 11) is 0. The van der Waals surface area contributed by atoms with Crippen LogP contribution in [0, 0.1) is 6.92 Å². The van der Waals surface area contributed by atoms with Crippen LogP contribution in [-0.2, 0) is 16.0 Å². The quantitative estimate of drug-likeness (QED) is 0.312. The lowest BCUT2D eigenvalue weighted by atomic mass is 9.95. The van der Waals surface area contributed by atoms with Gasteiger partial charge in [-0.1, -0.05) is 67.2 Å². The highest BCUT2D eigenvalue weighted by Gasteiger charge is 2.08. The van der Waals surface area contributed by atoms with Crippen molar-refractivity contribution in [2.24, 2.45) is 0 Å². The smallest absolute Gasteiger partial charge is 0.330 e. The van der Waals surface area contributed by atoms with Crippen LogP contribution < -0.4 is 4.74 Å². The largest absolute Gasteiger partial charge is 0.489 e. The van der Waals surface area contributed by atoms with Crippen molar-refractivity contribution in [1.82, 2.24) is 0 Å². The van der Waals surface area contributed by atoms with E-state index in [1.807, 2.05) is 24.3 Å². The van der Waals surface area contributed by atoms with Crippen molar-refractivity contribution in [3.63, 3.8) is 0 Å². The molecule has 0 unspecified atom stereocenters. The second-order valence-corrected chi connectivity index (χ2v) is 6.92. The third-order valence-electron chi connectivity index (χ3n) is 4.84. The fraction of sp³-hybridized carbons (Fsp3) is 0.192. The summed E-state index contributed by atoms with van der Waals surface area (Å²) in [6, 6.07) is 22.5. The van der Waals surface area contributed by atoms with E-state index in [1.54, 1.807) is 0 Å². The Kier molecular flexibility index (Phi) is 7.41. The topological polar surface area (TPSA) is 55.8 Å². The van der Waals surface area contributed by atoms with Crippen molar-refractivity contribution in [1.29, 1.82) is 0 Å². The summed E-state index contributed by atoms with van der Waals surface area (Å²) in [5.41, 5.74) is 6.67. The average Bonchev–Trinajstić information content (AvgIpc) is 2.77. The van der Waals surface area contributed by atoms with Gasteiger partial charge in [0.2, 0.25) is 0 Å². The van der Waals surface area contributed by atoms with Crippen molar-refractivity contribution in [3.8, 4) is 28.0 Å². The molecule has 4 heteroatoms. The minimum Gasteiger partial charge on any atom is -0.489 e. The van der Waals surface area contributed by atoms with Crippen LogP contribution in [0.3, 0.4) is 0 Å². The molecule has 0 aliphatic carbocycles. The van der Waals surface area contributed by atoms with Gasteiger partial charge < -0.3 is 14.6 Å². The molecule has 0 saturated heterocycles. The number of rotatable bonds is 9. The van der Waals surface area contributed by atoms with Gasteiger partial charge in [0.25, 0.3) is 0 Å². The van der Waals surface area contributed by atoms with E-state index in [1.165, 1.54) is 11.1 Å². The van der Waals surface area contributed by atoms with Gasteiger partial charge in [0.15, 0.2) is 0 Å². The summed E-state index contributed by atoms with van der Waals surface area (Å²) >= 11 is 0. The Balaban J connectivity index is 1.75. The number of hydrogen-bond donors (Lipinski definition) is 1. The molecule has 0 fully saturated rings. The van der Waals surface area contributed by atoms with Crippen LogP contribution in [0.25, 0.3) is 22.3 Å². The maximum absolute atomic E-state index is 11.1. The normalized spacial score (nSPS) is 10.5. The van der Waals surface area contributed by atoms with Crippen LogP contribution in [-0.4, -0.2) is 30.9 Å². The summed E-state index contributed by atoms with van der Waals surface area (Å²) < 4.78 is 10.8. The fourth-order valence-corrected chi connectivity index (χ4v) is 3.35. The summed E-state index contributed by atoms with van der Waals surface area (Å²) in [6.07, 6.45) is 1.81. The number of aryl methyl sites for hydroxylation is 1. The molecule has 3 aromatic carbocycles. The molecule has 0 aliphatic rings. The summed E-state index contributed by atoms with van der Waals surface area (Å²) in [6.45, 7) is 6.06. The lowest BCUT2D eigenvalue weighted by Crippen LogP contribution is -2.10. The number of esters is 1. The number of hydrogen-bond acceptors (Lipinski definition) is 4. The van der Waals surface area contributed by atoms with Crippen molar-refractivity contribution in [3.05, 3.63) is 90.5 Å². The van der Waals surface area contributed by atoms with Gasteiger partial charge in [0.05, 0.1) is 0 Å². The first kappa shape index (κ1) is 21.3. The molecule has 0 heterocycles. The highest BCUT2D eigenvalue weighted by molar-refractivity contribution is 5.81. The Hall–Kier alpha value is -3.37. The summed E-state index contributed by atoms with van der Waals surface area (Å²) in [5, 5.41) is 9.13. The van der Waals surface area contributed by atoms with Gasteiger partial charge in [-0.3, -0.25) is 0 Å². The van der Waals surface area contributed by atoms with Gasteiger partial charge >= 0.3 is 5.97 Å². The number of carbonyl (C=O) groups excluding carboxylic acids is 1. The Morgan fingerprint density at radius 1 is 0.967 bits per heavy atom. The van der Waals surface area contributed by atoms with E-state index in [9.17, 15) is 4.79 Å². The Morgan fingerprint density at radius 2 is 1.67 bits per heavy atom. The van der Waals surface area contributed by atoms with E-state index in [4.69, 9.17) is 14.6 Å². The van der Waals surface area contributed by atoms with Crippen LogP contribution >= 0.6 is 0 Å². The Morgan fingerprint density at radius 3 is 2.33 bits per heavy atom. The molecule has 30 heavy (non-hydrogen) atoms. The molecule has 0 radical (unpaired) electrons. The van der Waals surface area contributed by atoms with Crippen LogP contribution in [0.5, 0.6) is 5.75 Å². The Labute approximate surface area is 177 Å². The zero-order valence-corrected chi connectivity index (χ0v) is 17.1. The van der Waals surface area contributed by atoms with Crippen LogP contribution in [0.2, 0.25) is 0 Å². The number of ether oxygens (including phenoxy) is 2. The number of para-hydroxylation sites is 1. The van der Waals surface area contributed by atoms with Gasteiger partial charge in [-0.15, -0.1) is 0 Å². The van der Waals surface area contributed by atoms with E-state index in [2.05, 4.69) is 56.0 Å². The molecule has 0 saturated carbocycles. The van der Waals surface area contributed by atoms with Gasteiger partial charge in [-0.25, -0.2) is 4.79 Å². The number of aliphatic hydroxyl groups is 1. The molecule has 0 spiro atoms. The first-order valence-electron chi connectivity index (χ1n) is 9.94. The fourth-order valence-electron chi connectivity index (χ4n) is 3.35. The molecule has 4 nitrogen and oxygen atoms in total. The monoisotopic (exact) mass is 402 g/mol. The van der Waals surface area contributed by atoms with Gasteiger partial charge in [0.1, 0.15) is 19.0 Å². The molecule has 0 aromatic heterocycles. The van der Waals surface area contributed by atoms with E-state index >= 15 is 0 Å². The summed E-state index contributed by atoms with van der Waals surface area (Å²) in [4.78, 5) is 11.1. The third kappa shape index (κ3) is 5.37. The standard InChI is InChI=1S/C26H26O4/c1-3-26(28)30-17-16-29-25-7-5-4-6-24(25)22-11-9-21(10-12-22)23-13-8-20(14-15-27)18-19(23)2/h3-13,18,27H,1,14-17H2,2H3.